The van der Waals surface area contributed by atoms with Gasteiger partial charge in [-0.05, 0) is 54.8 Å². The van der Waals surface area contributed by atoms with Crippen LogP contribution in [0.4, 0.5) is 5.69 Å². The van der Waals surface area contributed by atoms with Crippen LogP contribution >= 0.6 is 0 Å². The van der Waals surface area contributed by atoms with Gasteiger partial charge in [-0.25, -0.2) is 0 Å². The second kappa shape index (κ2) is 7.49. The molecule has 0 saturated carbocycles. The molecule has 1 amide bonds. The van der Waals surface area contributed by atoms with E-state index >= 15 is 0 Å². The summed E-state index contributed by atoms with van der Waals surface area (Å²) in [5.74, 6) is 1.11. The molecule has 23 heavy (non-hydrogen) atoms. The normalized spacial score (nSPS) is 10.6. The molecule has 4 nitrogen and oxygen atoms in total. The molecule has 120 valence electrons. The predicted octanol–water partition coefficient (Wildman–Crippen LogP) is 3.97. The van der Waals surface area contributed by atoms with Crippen LogP contribution in [0.3, 0.4) is 0 Å². The van der Waals surface area contributed by atoms with Crippen molar-refractivity contribution in [2.75, 3.05) is 19.5 Å². The summed E-state index contributed by atoms with van der Waals surface area (Å²) >= 11 is 0. The van der Waals surface area contributed by atoms with Crippen LogP contribution in [-0.4, -0.2) is 20.1 Å². The Kier molecular flexibility index (Phi) is 5.41. The lowest BCUT2D eigenvalue weighted by Gasteiger charge is -2.09. The van der Waals surface area contributed by atoms with E-state index in [2.05, 4.69) is 5.32 Å². The fraction of sp³-hybridized carbons (Fsp3) is 0.211. The third-order valence-electron chi connectivity index (χ3n) is 3.70. The lowest BCUT2D eigenvalue weighted by molar-refractivity contribution is -0.111. The second-order valence-corrected chi connectivity index (χ2v) is 5.18. The summed E-state index contributed by atoms with van der Waals surface area (Å²) in [6.45, 7) is 4.01. The molecule has 0 radical (unpaired) electrons. The number of rotatable bonds is 5. The smallest absolute Gasteiger partial charge is 0.248 e. The Bertz CT molecular complexity index is 735. The first-order chi connectivity index (χ1) is 11.0. The van der Waals surface area contributed by atoms with E-state index in [0.717, 1.165) is 22.4 Å². The number of nitrogens with one attached hydrogen (secondary N) is 1. The minimum atomic E-state index is -0.173. The number of ether oxygens (including phenoxy) is 2. The molecule has 4 heteroatoms. The van der Waals surface area contributed by atoms with Crippen LogP contribution in [-0.2, 0) is 4.79 Å². The molecular formula is C19H21NO3. The van der Waals surface area contributed by atoms with E-state index in [-0.39, 0.29) is 5.91 Å². The summed E-state index contributed by atoms with van der Waals surface area (Å²) in [5, 5.41) is 2.89. The predicted molar refractivity (Wildman–Crippen MR) is 93.1 cm³/mol. The van der Waals surface area contributed by atoms with Crippen molar-refractivity contribution in [1.29, 1.82) is 0 Å². The largest absolute Gasteiger partial charge is 0.493 e. The Labute approximate surface area is 136 Å². The van der Waals surface area contributed by atoms with Crippen LogP contribution in [0.15, 0.2) is 42.5 Å². The van der Waals surface area contributed by atoms with Crippen LogP contribution < -0.4 is 14.8 Å². The van der Waals surface area contributed by atoms with E-state index in [1.54, 1.807) is 26.4 Å². The molecule has 0 aliphatic rings. The Morgan fingerprint density at radius 2 is 1.78 bits per heavy atom. The number of carbonyl (C=O) groups is 1. The summed E-state index contributed by atoms with van der Waals surface area (Å²) in [7, 11) is 3.17. The molecule has 2 aromatic rings. The Morgan fingerprint density at radius 1 is 1.04 bits per heavy atom. The maximum absolute atomic E-state index is 12.1. The molecule has 2 rings (SSSR count). The van der Waals surface area contributed by atoms with Crippen molar-refractivity contribution in [2.24, 2.45) is 0 Å². The highest BCUT2D eigenvalue weighted by Gasteiger charge is 2.05. The fourth-order valence-corrected chi connectivity index (χ4v) is 2.19. The molecule has 0 bridgehead atoms. The summed E-state index contributed by atoms with van der Waals surface area (Å²) in [6.07, 6.45) is 3.24. The average molecular weight is 311 g/mol. The zero-order valence-corrected chi connectivity index (χ0v) is 13.8. The molecular weight excluding hydrogens is 290 g/mol. The zero-order chi connectivity index (χ0) is 16.8. The lowest BCUT2D eigenvalue weighted by atomic mass is 10.1. The number of hydrogen-bond acceptors (Lipinski definition) is 3. The minimum Gasteiger partial charge on any atom is -0.493 e. The Balaban J connectivity index is 2.10. The van der Waals surface area contributed by atoms with Gasteiger partial charge in [-0.3, -0.25) is 4.79 Å². The molecule has 0 heterocycles. The second-order valence-electron chi connectivity index (χ2n) is 5.18. The van der Waals surface area contributed by atoms with E-state index in [9.17, 15) is 4.79 Å². The topological polar surface area (TPSA) is 47.6 Å². The van der Waals surface area contributed by atoms with Gasteiger partial charge in [0.15, 0.2) is 11.5 Å². The number of carbonyl (C=O) groups excluding carboxylic acids is 1. The van der Waals surface area contributed by atoms with Crippen LogP contribution in [0.5, 0.6) is 11.5 Å². The molecule has 0 unspecified atom stereocenters. The number of amides is 1. The average Bonchev–Trinajstić information content (AvgIpc) is 2.56. The standard InChI is InChI=1S/C19H21NO3/c1-13-6-5-7-16(14(13)2)20-19(21)11-9-15-8-10-17(22-3)18(12-15)23-4/h5-12H,1-4H3,(H,20,21)/b11-9-. The van der Waals surface area contributed by atoms with Gasteiger partial charge in [-0.15, -0.1) is 0 Å². The quantitative estimate of drug-likeness (QED) is 0.850. The molecule has 0 saturated heterocycles. The zero-order valence-electron chi connectivity index (χ0n) is 13.8. The number of benzene rings is 2. The highest BCUT2D eigenvalue weighted by atomic mass is 16.5. The van der Waals surface area contributed by atoms with Gasteiger partial charge in [0.05, 0.1) is 14.2 Å². The van der Waals surface area contributed by atoms with Gasteiger partial charge in [-0.1, -0.05) is 18.2 Å². The first-order valence-electron chi connectivity index (χ1n) is 7.32. The summed E-state index contributed by atoms with van der Waals surface area (Å²) in [5.41, 5.74) is 3.90. The van der Waals surface area contributed by atoms with Crippen LogP contribution in [0, 0.1) is 13.8 Å². The number of anilines is 1. The summed E-state index contributed by atoms with van der Waals surface area (Å²) < 4.78 is 10.4. The van der Waals surface area contributed by atoms with E-state index in [1.165, 1.54) is 6.08 Å². The first kappa shape index (κ1) is 16.6. The first-order valence-corrected chi connectivity index (χ1v) is 7.32. The van der Waals surface area contributed by atoms with E-state index < -0.39 is 0 Å². The van der Waals surface area contributed by atoms with Crippen LogP contribution in [0.2, 0.25) is 0 Å². The van der Waals surface area contributed by atoms with Gasteiger partial charge in [0, 0.05) is 11.8 Å². The van der Waals surface area contributed by atoms with Gasteiger partial charge in [0.25, 0.3) is 0 Å². The molecule has 0 fully saturated rings. The lowest BCUT2D eigenvalue weighted by Crippen LogP contribution is -2.09. The molecule has 0 atom stereocenters. The number of aryl methyl sites for hydroxylation is 1. The van der Waals surface area contributed by atoms with Gasteiger partial charge in [0.1, 0.15) is 0 Å². The minimum absolute atomic E-state index is 0.173. The molecule has 0 spiro atoms. The monoisotopic (exact) mass is 311 g/mol. The van der Waals surface area contributed by atoms with Gasteiger partial charge in [-0.2, -0.15) is 0 Å². The van der Waals surface area contributed by atoms with Crippen molar-refractivity contribution in [2.45, 2.75) is 13.8 Å². The van der Waals surface area contributed by atoms with E-state index in [4.69, 9.17) is 9.47 Å². The Morgan fingerprint density at radius 3 is 2.48 bits per heavy atom. The maximum atomic E-state index is 12.1. The van der Waals surface area contributed by atoms with Gasteiger partial charge >= 0.3 is 0 Å². The van der Waals surface area contributed by atoms with Crippen LogP contribution in [0.25, 0.3) is 6.08 Å². The molecule has 1 N–H and O–H groups in total. The van der Waals surface area contributed by atoms with Crippen molar-refractivity contribution < 1.29 is 14.3 Å². The molecule has 2 aromatic carbocycles. The maximum Gasteiger partial charge on any atom is 0.248 e. The van der Waals surface area contributed by atoms with Crippen molar-refractivity contribution in [3.05, 3.63) is 59.2 Å². The van der Waals surface area contributed by atoms with Crippen molar-refractivity contribution >= 4 is 17.7 Å². The van der Waals surface area contributed by atoms with Crippen molar-refractivity contribution in [3.63, 3.8) is 0 Å². The number of methoxy groups -OCH3 is 2. The highest BCUT2D eigenvalue weighted by molar-refractivity contribution is 6.02. The third kappa shape index (κ3) is 4.13. The summed E-state index contributed by atoms with van der Waals surface area (Å²) in [4.78, 5) is 12.1. The fourth-order valence-electron chi connectivity index (χ4n) is 2.19. The molecule has 0 aliphatic heterocycles. The van der Waals surface area contributed by atoms with Gasteiger partial charge in [0.2, 0.25) is 5.91 Å². The van der Waals surface area contributed by atoms with E-state index in [1.807, 2.05) is 44.2 Å². The van der Waals surface area contributed by atoms with Crippen LogP contribution in [0.1, 0.15) is 16.7 Å². The van der Waals surface area contributed by atoms with Crippen molar-refractivity contribution in [1.82, 2.24) is 0 Å². The molecule has 0 aliphatic carbocycles. The van der Waals surface area contributed by atoms with E-state index in [0.29, 0.717) is 11.5 Å². The number of hydrogen-bond donors (Lipinski definition) is 1. The Hall–Kier alpha value is -2.75. The highest BCUT2D eigenvalue weighted by Crippen LogP contribution is 2.28. The van der Waals surface area contributed by atoms with Crippen molar-refractivity contribution in [3.8, 4) is 11.5 Å². The third-order valence-corrected chi connectivity index (χ3v) is 3.70. The molecule has 0 aromatic heterocycles. The summed E-state index contributed by atoms with van der Waals surface area (Å²) in [6, 6.07) is 11.3. The SMILES string of the molecule is COc1ccc(/C=C\C(=O)Nc2cccc(C)c2C)cc1OC. The van der Waals surface area contributed by atoms with Gasteiger partial charge < -0.3 is 14.8 Å².